The molecule has 1 unspecified atom stereocenters. The van der Waals surface area contributed by atoms with E-state index in [0.717, 1.165) is 0 Å². The van der Waals surface area contributed by atoms with Gasteiger partial charge in [-0.05, 0) is 19.1 Å². The third kappa shape index (κ3) is 5.12. The van der Waals surface area contributed by atoms with Gasteiger partial charge < -0.3 is 28.9 Å². The first kappa shape index (κ1) is 20.8. The average molecular weight is 403 g/mol. The highest BCUT2D eigenvalue weighted by Gasteiger charge is 2.32. The number of aliphatic hydroxyl groups excluding tert-OH is 1. The van der Waals surface area contributed by atoms with E-state index in [1.54, 1.807) is 14.0 Å². The zero-order valence-corrected chi connectivity index (χ0v) is 16.5. The Morgan fingerprint density at radius 2 is 2.07 bits per heavy atom. The van der Waals surface area contributed by atoms with Crippen molar-refractivity contribution < 1.29 is 28.7 Å². The number of aromatic nitrogens is 1. The number of methoxy groups -OCH3 is 1. The Morgan fingerprint density at radius 3 is 2.79 bits per heavy atom. The molecule has 1 saturated heterocycles. The zero-order chi connectivity index (χ0) is 20.8. The number of ether oxygens (including phenoxy) is 2. The fourth-order valence-corrected chi connectivity index (χ4v) is 3.12. The van der Waals surface area contributed by atoms with Crippen molar-refractivity contribution in [1.82, 2.24) is 15.0 Å². The number of amides is 2. The number of nitrogens with zero attached hydrogens (tertiary/aromatic N) is 3. The molecule has 2 aromatic rings. The number of aryl methyl sites for hydroxylation is 1. The molecule has 1 aliphatic rings. The van der Waals surface area contributed by atoms with Crippen molar-refractivity contribution in [3.05, 3.63) is 47.3 Å². The first-order valence-corrected chi connectivity index (χ1v) is 9.36. The minimum Gasteiger partial charge on any atom is -0.489 e. The van der Waals surface area contributed by atoms with Crippen molar-refractivity contribution in [3.63, 3.8) is 0 Å². The van der Waals surface area contributed by atoms with Crippen LogP contribution < -0.4 is 4.74 Å². The van der Waals surface area contributed by atoms with E-state index in [9.17, 15) is 14.7 Å². The molecule has 1 aromatic heterocycles. The number of hydrogen-bond acceptors (Lipinski definition) is 7. The summed E-state index contributed by atoms with van der Waals surface area (Å²) in [5.74, 6) is 0.386. The molecule has 1 aliphatic heterocycles. The molecule has 0 spiro atoms. The first-order valence-electron chi connectivity index (χ1n) is 9.36. The van der Waals surface area contributed by atoms with Crippen LogP contribution in [0.4, 0.5) is 0 Å². The van der Waals surface area contributed by atoms with Crippen molar-refractivity contribution in [2.75, 3.05) is 39.9 Å². The summed E-state index contributed by atoms with van der Waals surface area (Å²) in [6.07, 6.45) is -0.862. The Kier molecular flexibility index (Phi) is 6.84. The van der Waals surface area contributed by atoms with Gasteiger partial charge in [0.05, 0.1) is 18.3 Å². The van der Waals surface area contributed by atoms with E-state index < -0.39 is 12.0 Å². The molecule has 29 heavy (non-hydrogen) atoms. The molecule has 0 saturated carbocycles. The Hall–Kier alpha value is -2.91. The first-order chi connectivity index (χ1) is 14.0. The summed E-state index contributed by atoms with van der Waals surface area (Å²) < 4.78 is 15.9. The van der Waals surface area contributed by atoms with Crippen LogP contribution in [0.2, 0.25) is 0 Å². The standard InChI is InChI=1S/C20H25N3O6/c1-14-17(13-28-16-6-4-3-5-7-16)19(21-29-14)20(26)23-11-15(24)10-22(8-9-27-2)18(25)12-23/h3-7,15,24H,8-13H2,1-2H3. The summed E-state index contributed by atoms with van der Waals surface area (Å²) in [4.78, 5) is 28.4. The van der Waals surface area contributed by atoms with E-state index in [2.05, 4.69) is 5.16 Å². The van der Waals surface area contributed by atoms with Crippen LogP contribution in [0.15, 0.2) is 34.9 Å². The Labute approximate surface area is 168 Å². The number of para-hydroxylation sites is 1. The predicted molar refractivity (Wildman–Crippen MR) is 102 cm³/mol. The molecule has 9 nitrogen and oxygen atoms in total. The molecule has 0 radical (unpaired) electrons. The molecule has 0 aliphatic carbocycles. The highest BCUT2D eigenvalue weighted by Crippen LogP contribution is 2.20. The summed E-state index contributed by atoms with van der Waals surface area (Å²) in [6.45, 7) is 2.54. The lowest BCUT2D eigenvalue weighted by Gasteiger charge is -2.21. The maximum absolute atomic E-state index is 13.1. The van der Waals surface area contributed by atoms with Crippen LogP contribution in [-0.2, 0) is 16.1 Å². The molecular formula is C20H25N3O6. The van der Waals surface area contributed by atoms with Gasteiger partial charge in [-0.3, -0.25) is 9.59 Å². The topological polar surface area (TPSA) is 105 Å². The molecular weight excluding hydrogens is 378 g/mol. The van der Waals surface area contributed by atoms with Gasteiger partial charge >= 0.3 is 0 Å². The molecule has 0 bridgehead atoms. The van der Waals surface area contributed by atoms with E-state index in [4.69, 9.17) is 14.0 Å². The van der Waals surface area contributed by atoms with Gasteiger partial charge in [0.1, 0.15) is 24.7 Å². The quantitative estimate of drug-likeness (QED) is 0.731. The molecule has 9 heteroatoms. The second kappa shape index (κ2) is 9.53. The second-order valence-corrected chi connectivity index (χ2v) is 6.84. The largest absolute Gasteiger partial charge is 0.489 e. The van der Waals surface area contributed by atoms with Crippen LogP contribution in [-0.4, -0.2) is 77.9 Å². The molecule has 2 heterocycles. The molecule has 156 valence electrons. The molecule has 1 N–H and O–H groups in total. The highest BCUT2D eigenvalue weighted by atomic mass is 16.5. The molecule has 2 amide bonds. The van der Waals surface area contributed by atoms with E-state index in [0.29, 0.717) is 30.2 Å². The number of hydrogen-bond donors (Lipinski definition) is 1. The molecule has 1 aromatic carbocycles. The van der Waals surface area contributed by atoms with Gasteiger partial charge in [0.15, 0.2) is 5.69 Å². The van der Waals surface area contributed by atoms with Crippen LogP contribution in [0, 0.1) is 6.92 Å². The van der Waals surface area contributed by atoms with Gasteiger partial charge in [-0.15, -0.1) is 0 Å². The number of carbonyl (C=O) groups excluding carboxylic acids is 2. The third-order valence-corrected chi connectivity index (χ3v) is 4.71. The minimum atomic E-state index is -0.862. The summed E-state index contributed by atoms with van der Waals surface area (Å²) >= 11 is 0. The van der Waals surface area contributed by atoms with Gasteiger partial charge in [0, 0.05) is 26.7 Å². The lowest BCUT2D eigenvalue weighted by Crippen LogP contribution is -2.40. The maximum Gasteiger partial charge on any atom is 0.277 e. The number of β-amino-alcohol motifs (C(OH)–C–C–N with tert-alkyl or cyclic N) is 1. The number of aliphatic hydroxyl groups is 1. The van der Waals surface area contributed by atoms with Crippen molar-refractivity contribution >= 4 is 11.8 Å². The van der Waals surface area contributed by atoms with Crippen LogP contribution in [0.1, 0.15) is 21.8 Å². The molecule has 1 fully saturated rings. The smallest absolute Gasteiger partial charge is 0.277 e. The monoisotopic (exact) mass is 403 g/mol. The van der Waals surface area contributed by atoms with Gasteiger partial charge in [-0.2, -0.15) is 0 Å². The van der Waals surface area contributed by atoms with Crippen LogP contribution in [0.25, 0.3) is 0 Å². The van der Waals surface area contributed by atoms with Crippen molar-refractivity contribution in [3.8, 4) is 5.75 Å². The van der Waals surface area contributed by atoms with Gasteiger partial charge in [-0.25, -0.2) is 0 Å². The number of carbonyl (C=O) groups is 2. The fraction of sp³-hybridized carbons (Fsp3) is 0.450. The summed E-state index contributed by atoms with van der Waals surface area (Å²) in [5.41, 5.74) is 0.602. The Morgan fingerprint density at radius 1 is 1.31 bits per heavy atom. The minimum absolute atomic E-state index is 0.0267. The van der Waals surface area contributed by atoms with Gasteiger partial charge in [-0.1, -0.05) is 23.4 Å². The summed E-state index contributed by atoms with van der Waals surface area (Å²) in [5, 5.41) is 14.2. The van der Waals surface area contributed by atoms with E-state index in [1.165, 1.54) is 9.80 Å². The Bertz CT molecular complexity index is 838. The van der Waals surface area contributed by atoms with E-state index >= 15 is 0 Å². The second-order valence-electron chi connectivity index (χ2n) is 6.84. The van der Waals surface area contributed by atoms with Crippen LogP contribution in [0.3, 0.4) is 0 Å². The number of rotatable bonds is 7. The molecule has 1 atom stereocenters. The lowest BCUT2D eigenvalue weighted by atomic mass is 10.2. The van der Waals surface area contributed by atoms with Crippen molar-refractivity contribution in [2.45, 2.75) is 19.6 Å². The highest BCUT2D eigenvalue weighted by molar-refractivity contribution is 5.96. The van der Waals surface area contributed by atoms with Crippen LogP contribution in [0.5, 0.6) is 5.75 Å². The van der Waals surface area contributed by atoms with Gasteiger partial charge in [0.2, 0.25) is 5.91 Å². The summed E-state index contributed by atoms with van der Waals surface area (Å²) in [7, 11) is 1.54. The lowest BCUT2D eigenvalue weighted by molar-refractivity contribution is -0.131. The zero-order valence-electron chi connectivity index (χ0n) is 16.5. The van der Waals surface area contributed by atoms with E-state index in [-0.39, 0.29) is 37.8 Å². The van der Waals surface area contributed by atoms with Crippen LogP contribution >= 0.6 is 0 Å². The predicted octanol–water partition coefficient (Wildman–Crippen LogP) is 0.854. The number of benzene rings is 1. The van der Waals surface area contributed by atoms with E-state index in [1.807, 2.05) is 30.3 Å². The van der Waals surface area contributed by atoms with Crippen molar-refractivity contribution in [2.24, 2.45) is 0 Å². The van der Waals surface area contributed by atoms with Crippen molar-refractivity contribution in [1.29, 1.82) is 0 Å². The fourth-order valence-electron chi connectivity index (χ4n) is 3.12. The third-order valence-electron chi connectivity index (χ3n) is 4.71. The average Bonchev–Trinajstić information content (AvgIpc) is 3.01. The summed E-state index contributed by atoms with van der Waals surface area (Å²) in [6, 6.07) is 9.19. The molecule has 3 rings (SSSR count). The SMILES string of the molecule is COCCN1CC(O)CN(C(=O)c2noc(C)c2COc2ccccc2)CC1=O. The maximum atomic E-state index is 13.1. The normalized spacial score (nSPS) is 17.3. The Balaban J connectivity index is 1.73. The van der Waals surface area contributed by atoms with Gasteiger partial charge in [0.25, 0.3) is 5.91 Å².